The second kappa shape index (κ2) is 16.1. The third-order valence-corrected chi connectivity index (χ3v) is 4.96. The summed E-state index contributed by atoms with van der Waals surface area (Å²) in [5, 5.41) is 9.88. The van der Waals surface area contributed by atoms with Crippen LogP contribution in [0.5, 0.6) is 0 Å². The fourth-order valence-corrected chi connectivity index (χ4v) is 3.05. The molecule has 0 saturated heterocycles. The van der Waals surface area contributed by atoms with E-state index in [-0.39, 0.29) is 11.7 Å². The van der Waals surface area contributed by atoms with E-state index in [9.17, 15) is 9.90 Å². The Balaban J connectivity index is 3.35. The van der Waals surface area contributed by atoms with E-state index in [2.05, 4.69) is 6.92 Å². The molecule has 0 radical (unpaired) electrons. The molecule has 0 rings (SSSR count). The fourth-order valence-electron chi connectivity index (χ4n) is 3.05. The van der Waals surface area contributed by atoms with Crippen LogP contribution in [-0.2, 0) is 4.79 Å². The number of ketones is 1. The summed E-state index contributed by atoms with van der Waals surface area (Å²) in [4.78, 5) is 11.9. The molecule has 1 unspecified atom stereocenters. The van der Waals surface area contributed by atoms with E-state index in [0.29, 0.717) is 6.42 Å². The summed E-state index contributed by atoms with van der Waals surface area (Å²) in [6.45, 7) is 6.10. The van der Waals surface area contributed by atoms with E-state index < -0.39 is 12.1 Å². The zero-order valence-corrected chi connectivity index (χ0v) is 16.6. The number of nitrogens with two attached hydrogens (primary N) is 1. The van der Waals surface area contributed by atoms with E-state index >= 15 is 0 Å². The number of carbonyl (C=O) groups excluding carboxylic acids is 1. The van der Waals surface area contributed by atoms with Gasteiger partial charge in [-0.25, -0.2) is 0 Å². The molecule has 24 heavy (non-hydrogen) atoms. The molecule has 0 aliphatic carbocycles. The molecular weight excluding hydrogens is 298 g/mol. The first kappa shape index (κ1) is 23.6. The number of aliphatic hydroxyl groups is 1. The van der Waals surface area contributed by atoms with Gasteiger partial charge in [0.2, 0.25) is 0 Å². The second-order valence-corrected chi connectivity index (χ2v) is 7.72. The Morgan fingerprint density at radius 2 is 1.17 bits per heavy atom. The van der Waals surface area contributed by atoms with Crippen molar-refractivity contribution in [2.45, 2.75) is 123 Å². The van der Waals surface area contributed by atoms with Gasteiger partial charge in [-0.15, -0.1) is 0 Å². The van der Waals surface area contributed by atoms with Crippen molar-refractivity contribution in [3.05, 3.63) is 0 Å². The van der Waals surface area contributed by atoms with Crippen molar-refractivity contribution < 1.29 is 9.90 Å². The molecule has 0 amide bonds. The van der Waals surface area contributed by atoms with Gasteiger partial charge < -0.3 is 10.8 Å². The van der Waals surface area contributed by atoms with Crippen LogP contribution in [0.15, 0.2) is 0 Å². The number of hydrogen-bond acceptors (Lipinski definition) is 3. The zero-order valence-electron chi connectivity index (χ0n) is 16.6. The van der Waals surface area contributed by atoms with Crippen molar-refractivity contribution in [3.63, 3.8) is 0 Å². The highest BCUT2D eigenvalue weighted by molar-refractivity contribution is 5.87. The summed E-state index contributed by atoms with van der Waals surface area (Å²) in [5.74, 6) is -0.0947. The van der Waals surface area contributed by atoms with Crippen LogP contribution in [0.25, 0.3) is 0 Å². The van der Waals surface area contributed by atoms with Gasteiger partial charge in [0.25, 0.3) is 0 Å². The number of aliphatic hydroxyl groups excluding tert-OH is 1. The minimum Gasteiger partial charge on any atom is -0.385 e. The molecular formula is C21H43NO2. The minimum atomic E-state index is -0.866. The summed E-state index contributed by atoms with van der Waals surface area (Å²) in [5.41, 5.74) is 5.80. The van der Waals surface area contributed by atoms with Crippen molar-refractivity contribution in [3.8, 4) is 0 Å². The molecule has 0 aromatic carbocycles. The van der Waals surface area contributed by atoms with Gasteiger partial charge in [0.1, 0.15) is 6.10 Å². The van der Waals surface area contributed by atoms with Crippen LogP contribution < -0.4 is 5.73 Å². The highest BCUT2D eigenvalue weighted by Gasteiger charge is 2.23. The lowest BCUT2D eigenvalue weighted by atomic mass is 9.95. The van der Waals surface area contributed by atoms with Crippen molar-refractivity contribution in [2.24, 2.45) is 11.7 Å². The van der Waals surface area contributed by atoms with Crippen LogP contribution in [0.2, 0.25) is 0 Å². The first-order valence-corrected chi connectivity index (χ1v) is 10.5. The number of carbonyl (C=O) groups is 1. The monoisotopic (exact) mass is 341 g/mol. The van der Waals surface area contributed by atoms with E-state index in [0.717, 1.165) is 12.8 Å². The van der Waals surface area contributed by atoms with Crippen molar-refractivity contribution >= 4 is 5.78 Å². The Kier molecular flexibility index (Phi) is 15.8. The molecule has 2 atom stereocenters. The van der Waals surface area contributed by atoms with E-state index in [1.165, 1.54) is 70.6 Å². The van der Waals surface area contributed by atoms with E-state index in [4.69, 9.17) is 5.73 Å². The number of unbranched alkanes of at least 4 members (excludes halogenated alkanes) is 12. The molecule has 3 heteroatoms. The van der Waals surface area contributed by atoms with Crippen LogP contribution in [0.4, 0.5) is 0 Å². The molecule has 0 heterocycles. The Bertz CT molecular complexity index is 292. The molecule has 3 nitrogen and oxygen atoms in total. The molecule has 0 bridgehead atoms. The smallest absolute Gasteiger partial charge is 0.178 e. The Labute approximate surface area is 150 Å². The van der Waals surface area contributed by atoms with Gasteiger partial charge in [0.05, 0.1) is 6.04 Å². The second-order valence-electron chi connectivity index (χ2n) is 7.72. The third-order valence-electron chi connectivity index (χ3n) is 4.96. The third kappa shape index (κ3) is 12.9. The average molecular weight is 342 g/mol. The van der Waals surface area contributed by atoms with Gasteiger partial charge in [0.15, 0.2) is 5.78 Å². The maximum Gasteiger partial charge on any atom is 0.178 e. The minimum absolute atomic E-state index is 0.0961. The van der Waals surface area contributed by atoms with E-state index in [1.54, 1.807) is 0 Å². The lowest BCUT2D eigenvalue weighted by molar-refractivity contribution is -0.129. The highest BCUT2D eigenvalue weighted by atomic mass is 16.3. The van der Waals surface area contributed by atoms with Gasteiger partial charge in [-0.1, -0.05) is 104 Å². The standard InChI is InChI=1S/C21H43NO2/c1-4-5-6-7-8-9-10-11-12-13-14-15-16-17-19(23)21(24)20(22)18(2)3/h18-20,23H,4-17,22H2,1-3H3/t19?,20-/m0/s1. The van der Waals surface area contributed by atoms with Crippen LogP contribution in [0.1, 0.15) is 111 Å². The van der Waals surface area contributed by atoms with Crippen LogP contribution in [0.3, 0.4) is 0 Å². The average Bonchev–Trinajstić information content (AvgIpc) is 2.57. The maximum absolute atomic E-state index is 11.9. The Morgan fingerprint density at radius 3 is 1.54 bits per heavy atom. The molecule has 0 aliphatic rings. The van der Waals surface area contributed by atoms with Gasteiger partial charge >= 0.3 is 0 Å². The number of Topliss-reactive ketones (excluding diaryl/α,β-unsaturated/α-hetero) is 1. The van der Waals surface area contributed by atoms with Gasteiger partial charge in [-0.05, 0) is 12.3 Å². The first-order chi connectivity index (χ1) is 11.5. The summed E-state index contributed by atoms with van der Waals surface area (Å²) in [7, 11) is 0. The fraction of sp³-hybridized carbons (Fsp3) is 0.952. The molecule has 0 spiro atoms. The number of hydrogen-bond donors (Lipinski definition) is 2. The predicted octanol–water partition coefficient (Wildman–Crippen LogP) is 5.38. The molecule has 144 valence electrons. The van der Waals surface area contributed by atoms with Crippen molar-refractivity contribution in [1.29, 1.82) is 0 Å². The summed E-state index contributed by atoms with van der Waals surface area (Å²) >= 11 is 0. The summed E-state index contributed by atoms with van der Waals surface area (Å²) in [6, 6.07) is -0.526. The molecule has 0 aliphatic heterocycles. The zero-order chi connectivity index (χ0) is 18.2. The van der Waals surface area contributed by atoms with Gasteiger partial charge in [-0.3, -0.25) is 4.79 Å². The lowest BCUT2D eigenvalue weighted by Gasteiger charge is -2.18. The topological polar surface area (TPSA) is 63.3 Å². The molecule has 3 N–H and O–H groups in total. The molecule has 0 fully saturated rings. The molecule has 0 saturated carbocycles. The quantitative estimate of drug-likeness (QED) is 0.349. The predicted molar refractivity (Wildman–Crippen MR) is 104 cm³/mol. The summed E-state index contributed by atoms with van der Waals surface area (Å²) < 4.78 is 0. The number of rotatable bonds is 17. The van der Waals surface area contributed by atoms with Crippen molar-refractivity contribution in [1.82, 2.24) is 0 Å². The van der Waals surface area contributed by atoms with Crippen LogP contribution >= 0.6 is 0 Å². The van der Waals surface area contributed by atoms with E-state index in [1.807, 2.05) is 13.8 Å². The SMILES string of the molecule is CCCCCCCCCCCCCCCC(O)C(=O)[C@@H](N)C(C)C. The van der Waals surface area contributed by atoms with Crippen molar-refractivity contribution in [2.75, 3.05) is 0 Å². The highest BCUT2D eigenvalue weighted by Crippen LogP contribution is 2.14. The maximum atomic E-state index is 11.9. The van der Waals surface area contributed by atoms with Gasteiger partial charge in [0, 0.05) is 0 Å². The largest absolute Gasteiger partial charge is 0.385 e. The molecule has 0 aromatic rings. The van der Waals surface area contributed by atoms with Crippen LogP contribution in [0, 0.1) is 5.92 Å². The van der Waals surface area contributed by atoms with Gasteiger partial charge in [-0.2, -0.15) is 0 Å². The lowest BCUT2D eigenvalue weighted by Crippen LogP contribution is -2.42. The molecule has 0 aromatic heterocycles. The Hall–Kier alpha value is -0.410. The Morgan fingerprint density at radius 1 is 0.792 bits per heavy atom. The first-order valence-electron chi connectivity index (χ1n) is 10.5. The summed E-state index contributed by atoms with van der Waals surface area (Å²) in [6.07, 6.45) is 16.7. The normalized spacial score (nSPS) is 14.1. The van der Waals surface area contributed by atoms with Crippen LogP contribution in [-0.4, -0.2) is 23.0 Å².